The maximum Gasteiger partial charge on any atom is 0.349 e. The van der Waals surface area contributed by atoms with E-state index in [1.165, 1.54) is 0 Å². The number of H-pyrrole nitrogens is 1. The van der Waals surface area contributed by atoms with Gasteiger partial charge in [-0.15, -0.1) is 11.8 Å². The Morgan fingerprint density at radius 2 is 2.00 bits per heavy atom. The minimum atomic E-state index is -0.660. The molecule has 3 rings (SSSR count). The van der Waals surface area contributed by atoms with Crippen LogP contribution in [0.1, 0.15) is 18.1 Å². The average molecular weight is 395 g/mol. The van der Waals surface area contributed by atoms with Crippen LogP contribution in [0, 0.1) is 13.8 Å². The highest BCUT2D eigenvalue weighted by Crippen LogP contribution is 2.25. The van der Waals surface area contributed by atoms with Gasteiger partial charge in [-0.3, -0.25) is 9.78 Å². The van der Waals surface area contributed by atoms with Crippen LogP contribution in [0.3, 0.4) is 0 Å². The van der Waals surface area contributed by atoms with Crippen molar-refractivity contribution < 1.29 is 0 Å². The summed E-state index contributed by atoms with van der Waals surface area (Å²) in [6.45, 7) is 10.3. The van der Waals surface area contributed by atoms with Gasteiger partial charge in [0.25, 0.3) is 5.56 Å². The molecule has 0 spiro atoms. The molecular formula is C21H22N4O2S. The molecule has 0 saturated carbocycles. The van der Waals surface area contributed by atoms with Crippen LogP contribution in [-0.2, 0) is 6.54 Å². The van der Waals surface area contributed by atoms with Gasteiger partial charge in [-0.1, -0.05) is 24.8 Å². The Hall–Kier alpha value is -2.93. The van der Waals surface area contributed by atoms with E-state index in [9.17, 15) is 9.59 Å². The molecule has 7 heteroatoms. The van der Waals surface area contributed by atoms with Crippen LogP contribution in [0.15, 0.2) is 57.5 Å². The summed E-state index contributed by atoms with van der Waals surface area (Å²) in [5.74, 6) is 1.06. The summed E-state index contributed by atoms with van der Waals surface area (Å²) < 4.78 is 1.91. The molecule has 2 aliphatic heterocycles. The SMILES string of the molecule is C=C/C=C\C(=C/C)SCCn1c2nc(=O)[nH]c(=O)c-2nc2cc(C)c(C)cc21. The van der Waals surface area contributed by atoms with Crippen molar-refractivity contribution in [3.8, 4) is 11.5 Å². The normalized spacial score (nSPS) is 12.3. The molecule has 0 radical (unpaired) electrons. The summed E-state index contributed by atoms with van der Waals surface area (Å²) in [5.41, 5.74) is 2.78. The second kappa shape index (κ2) is 8.39. The van der Waals surface area contributed by atoms with Crippen molar-refractivity contribution in [1.29, 1.82) is 0 Å². The average Bonchev–Trinajstić information content (AvgIpc) is 2.66. The highest BCUT2D eigenvalue weighted by atomic mass is 32.2. The number of aryl methyl sites for hydroxylation is 3. The highest BCUT2D eigenvalue weighted by molar-refractivity contribution is 8.03. The van der Waals surface area contributed by atoms with E-state index in [0.717, 1.165) is 27.3 Å². The van der Waals surface area contributed by atoms with Crippen LogP contribution in [-0.4, -0.2) is 25.3 Å². The monoisotopic (exact) mass is 394 g/mol. The lowest BCUT2D eigenvalue weighted by Gasteiger charge is -2.17. The predicted octanol–water partition coefficient (Wildman–Crippen LogP) is 3.58. The molecule has 1 N–H and O–H groups in total. The van der Waals surface area contributed by atoms with Gasteiger partial charge in [0.05, 0.1) is 11.0 Å². The predicted molar refractivity (Wildman–Crippen MR) is 116 cm³/mol. The Balaban J connectivity index is 2.11. The van der Waals surface area contributed by atoms with Crippen LogP contribution in [0.25, 0.3) is 22.6 Å². The van der Waals surface area contributed by atoms with Crippen molar-refractivity contribution in [2.24, 2.45) is 0 Å². The Morgan fingerprint density at radius 1 is 1.25 bits per heavy atom. The largest absolute Gasteiger partial charge is 0.349 e. The minimum Gasteiger partial charge on any atom is -0.321 e. The zero-order valence-corrected chi connectivity index (χ0v) is 17.0. The summed E-state index contributed by atoms with van der Waals surface area (Å²) >= 11 is 1.68. The summed E-state index contributed by atoms with van der Waals surface area (Å²) in [4.78, 5) is 36.0. The van der Waals surface area contributed by atoms with Gasteiger partial charge in [0.2, 0.25) is 0 Å². The van der Waals surface area contributed by atoms with Gasteiger partial charge in [0.15, 0.2) is 11.5 Å². The molecule has 6 nitrogen and oxygen atoms in total. The van der Waals surface area contributed by atoms with E-state index in [1.807, 2.05) is 55.7 Å². The van der Waals surface area contributed by atoms with E-state index < -0.39 is 11.2 Å². The maximum atomic E-state index is 12.3. The fourth-order valence-corrected chi connectivity index (χ4v) is 3.77. The van der Waals surface area contributed by atoms with Crippen LogP contribution in [0.4, 0.5) is 0 Å². The van der Waals surface area contributed by atoms with Gasteiger partial charge in [0, 0.05) is 17.2 Å². The van der Waals surface area contributed by atoms with Gasteiger partial charge >= 0.3 is 5.69 Å². The Bertz CT molecular complexity index is 1190. The third-order valence-corrected chi connectivity index (χ3v) is 5.58. The van der Waals surface area contributed by atoms with Crippen LogP contribution in [0.2, 0.25) is 0 Å². The molecule has 2 heterocycles. The van der Waals surface area contributed by atoms with Crippen molar-refractivity contribution in [3.63, 3.8) is 0 Å². The number of thioether (sulfide) groups is 1. The first-order chi connectivity index (χ1) is 13.4. The van der Waals surface area contributed by atoms with Crippen LogP contribution >= 0.6 is 11.8 Å². The molecule has 0 unspecified atom stereocenters. The molecule has 1 aromatic rings. The third-order valence-electron chi connectivity index (χ3n) is 4.49. The fourth-order valence-electron chi connectivity index (χ4n) is 2.92. The topological polar surface area (TPSA) is 80.6 Å². The standard InChI is InChI=1S/C21H22N4O2S/c1-5-7-8-15(6-2)28-10-9-25-17-12-14(4)13(3)11-16(17)22-18-19(25)23-21(27)24-20(18)26/h5-8,11-12H,1,9-10H2,2-4H3,(H,24,26,27)/b8-7-,15-6+. The van der Waals surface area contributed by atoms with Crippen molar-refractivity contribution in [3.05, 3.63) is 79.9 Å². The highest BCUT2D eigenvalue weighted by Gasteiger charge is 2.19. The van der Waals surface area contributed by atoms with Gasteiger partial charge in [-0.25, -0.2) is 9.78 Å². The molecule has 144 valence electrons. The van der Waals surface area contributed by atoms with Crippen molar-refractivity contribution in [2.45, 2.75) is 27.3 Å². The first-order valence-electron chi connectivity index (χ1n) is 8.94. The van der Waals surface area contributed by atoms with Crippen molar-refractivity contribution in [1.82, 2.24) is 19.5 Å². The van der Waals surface area contributed by atoms with Crippen molar-refractivity contribution in [2.75, 3.05) is 5.75 Å². The first kappa shape index (κ1) is 19.8. The summed E-state index contributed by atoms with van der Waals surface area (Å²) in [6.07, 6.45) is 7.66. The summed E-state index contributed by atoms with van der Waals surface area (Å²) in [5, 5.41) is 0. The van der Waals surface area contributed by atoms with E-state index in [-0.39, 0.29) is 5.69 Å². The summed E-state index contributed by atoms with van der Waals surface area (Å²) in [7, 11) is 0. The number of aromatic nitrogens is 4. The maximum absolute atomic E-state index is 12.3. The lowest BCUT2D eigenvalue weighted by Crippen LogP contribution is -2.29. The second-order valence-electron chi connectivity index (χ2n) is 6.37. The van der Waals surface area contributed by atoms with Crippen LogP contribution in [0.5, 0.6) is 0 Å². The molecular weight excluding hydrogens is 372 g/mol. The number of benzene rings is 1. The number of allylic oxidation sites excluding steroid dienone is 4. The van der Waals surface area contributed by atoms with E-state index in [1.54, 1.807) is 17.8 Å². The van der Waals surface area contributed by atoms with E-state index in [0.29, 0.717) is 17.9 Å². The molecule has 2 aliphatic rings. The molecule has 0 bridgehead atoms. The number of aromatic amines is 1. The smallest absolute Gasteiger partial charge is 0.321 e. The zero-order valence-electron chi connectivity index (χ0n) is 16.2. The lowest BCUT2D eigenvalue weighted by atomic mass is 10.1. The number of rotatable bonds is 6. The van der Waals surface area contributed by atoms with Gasteiger partial charge in [0.1, 0.15) is 0 Å². The number of fused-ring (bicyclic) bond motifs is 2. The molecule has 1 aromatic carbocycles. The summed E-state index contributed by atoms with van der Waals surface area (Å²) in [6, 6.07) is 3.99. The van der Waals surface area contributed by atoms with E-state index in [4.69, 9.17) is 0 Å². The van der Waals surface area contributed by atoms with Gasteiger partial charge < -0.3 is 4.57 Å². The Kier molecular flexibility index (Phi) is 5.94. The fraction of sp³-hybridized carbons (Fsp3) is 0.238. The number of hydrogen-bond donors (Lipinski definition) is 1. The van der Waals surface area contributed by atoms with Gasteiger partial charge in [-0.2, -0.15) is 4.98 Å². The molecule has 0 aromatic heterocycles. The van der Waals surface area contributed by atoms with E-state index in [2.05, 4.69) is 21.5 Å². The molecule has 28 heavy (non-hydrogen) atoms. The number of nitrogens with zero attached hydrogens (tertiary/aromatic N) is 3. The Morgan fingerprint density at radius 3 is 2.71 bits per heavy atom. The third kappa shape index (κ3) is 3.99. The molecule has 0 atom stereocenters. The van der Waals surface area contributed by atoms with Gasteiger partial charge in [-0.05, 0) is 50.1 Å². The molecule has 0 fully saturated rings. The molecule has 0 aliphatic carbocycles. The quantitative estimate of drug-likeness (QED) is 0.510. The minimum absolute atomic E-state index is 0.179. The lowest BCUT2D eigenvalue weighted by molar-refractivity contribution is 0.768. The Labute approximate surface area is 167 Å². The first-order valence-corrected chi connectivity index (χ1v) is 9.93. The van der Waals surface area contributed by atoms with Crippen LogP contribution < -0.4 is 11.2 Å². The number of hydrogen-bond acceptors (Lipinski definition) is 5. The molecule has 0 amide bonds. The van der Waals surface area contributed by atoms with Crippen molar-refractivity contribution >= 4 is 22.8 Å². The number of nitrogens with one attached hydrogen (secondary N) is 1. The molecule has 0 saturated heterocycles. The second-order valence-corrected chi connectivity index (χ2v) is 7.53. The van der Waals surface area contributed by atoms with E-state index >= 15 is 0 Å². The zero-order chi connectivity index (χ0) is 20.3.